The van der Waals surface area contributed by atoms with Crippen LogP contribution in [0.2, 0.25) is 0 Å². The summed E-state index contributed by atoms with van der Waals surface area (Å²) in [4.78, 5) is 0.321. The molecule has 0 bridgehead atoms. The Morgan fingerprint density at radius 2 is 1.69 bits per heavy atom. The van der Waals surface area contributed by atoms with Crippen LogP contribution >= 0.6 is 0 Å². The third-order valence-electron chi connectivity index (χ3n) is 5.04. The number of aryl methyl sites for hydroxylation is 2. The lowest BCUT2D eigenvalue weighted by Crippen LogP contribution is -2.22. The standard InChI is InChI=1S/C21H22N2O2S/c1-23(2)26(24,25)18-7-3-5-15(13-18)14-22-20-12-11-17-10-9-16-6-4-8-19(20)21(16)17/h3-8,11-13,22H,9-10,14H2,1-2H3. The molecule has 0 aliphatic heterocycles. The van der Waals surface area contributed by atoms with Gasteiger partial charge in [-0.2, -0.15) is 0 Å². The molecule has 0 spiro atoms. The van der Waals surface area contributed by atoms with Gasteiger partial charge < -0.3 is 5.32 Å². The number of anilines is 1. The predicted molar refractivity (Wildman–Crippen MR) is 106 cm³/mol. The second-order valence-electron chi connectivity index (χ2n) is 6.90. The summed E-state index contributed by atoms with van der Waals surface area (Å²) in [6.07, 6.45) is 2.22. The van der Waals surface area contributed by atoms with E-state index in [4.69, 9.17) is 0 Å². The third kappa shape index (κ3) is 2.87. The molecule has 0 radical (unpaired) electrons. The molecular formula is C21H22N2O2S. The molecule has 0 fully saturated rings. The number of hydrogen-bond donors (Lipinski definition) is 1. The van der Waals surface area contributed by atoms with Crippen molar-refractivity contribution in [2.75, 3.05) is 19.4 Å². The van der Waals surface area contributed by atoms with Crippen molar-refractivity contribution in [1.29, 1.82) is 0 Å². The van der Waals surface area contributed by atoms with Crippen molar-refractivity contribution >= 4 is 26.5 Å². The van der Waals surface area contributed by atoms with Crippen LogP contribution in [-0.4, -0.2) is 26.8 Å². The minimum absolute atomic E-state index is 0.321. The van der Waals surface area contributed by atoms with Gasteiger partial charge in [-0.3, -0.25) is 0 Å². The monoisotopic (exact) mass is 366 g/mol. The number of rotatable bonds is 5. The van der Waals surface area contributed by atoms with E-state index < -0.39 is 10.0 Å². The average molecular weight is 366 g/mol. The molecule has 1 N–H and O–H groups in total. The Balaban J connectivity index is 1.62. The topological polar surface area (TPSA) is 49.4 Å². The quantitative estimate of drug-likeness (QED) is 0.747. The predicted octanol–water partition coefficient (Wildman–Crippen LogP) is 3.80. The summed E-state index contributed by atoms with van der Waals surface area (Å²) in [6.45, 7) is 0.579. The van der Waals surface area contributed by atoms with Gasteiger partial charge in [0.15, 0.2) is 0 Å². The van der Waals surface area contributed by atoms with E-state index in [0.29, 0.717) is 11.4 Å². The highest BCUT2D eigenvalue weighted by Crippen LogP contribution is 2.35. The first kappa shape index (κ1) is 17.1. The lowest BCUT2D eigenvalue weighted by atomic mass is 10.0. The molecule has 5 heteroatoms. The van der Waals surface area contributed by atoms with Gasteiger partial charge in [-0.15, -0.1) is 0 Å². The van der Waals surface area contributed by atoms with Crippen LogP contribution < -0.4 is 5.32 Å². The highest BCUT2D eigenvalue weighted by atomic mass is 32.2. The fraction of sp³-hybridized carbons (Fsp3) is 0.238. The molecule has 0 saturated carbocycles. The second-order valence-corrected chi connectivity index (χ2v) is 9.05. The van der Waals surface area contributed by atoms with Crippen LogP contribution in [0.3, 0.4) is 0 Å². The van der Waals surface area contributed by atoms with Gasteiger partial charge in [-0.1, -0.05) is 36.4 Å². The van der Waals surface area contributed by atoms with E-state index in [9.17, 15) is 8.42 Å². The molecule has 26 heavy (non-hydrogen) atoms. The lowest BCUT2D eigenvalue weighted by Gasteiger charge is -2.14. The van der Waals surface area contributed by atoms with E-state index in [1.165, 1.54) is 26.2 Å². The van der Waals surface area contributed by atoms with Crippen LogP contribution in [0.4, 0.5) is 5.69 Å². The van der Waals surface area contributed by atoms with Gasteiger partial charge in [0.25, 0.3) is 0 Å². The number of sulfonamides is 1. The minimum Gasteiger partial charge on any atom is -0.380 e. The highest BCUT2D eigenvalue weighted by Gasteiger charge is 2.18. The Bertz CT molecular complexity index is 1080. The Morgan fingerprint density at radius 3 is 2.46 bits per heavy atom. The van der Waals surface area contributed by atoms with Gasteiger partial charge in [-0.25, -0.2) is 12.7 Å². The fourth-order valence-electron chi connectivity index (χ4n) is 3.62. The van der Waals surface area contributed by atoms with Gasteiger partial charge in [0.05, 0.1) is 4.90 Å². The maximum atomic E-state index is 12.3. The molecule has 4 nitrogen and oxygen atoms in total. The van der Waals surface area contributed by atoms with Crippen molar-refractivity contribution in [2.24, 2.45) is 0 Å². The van der Waals surface area contributed by atoms with E-state index in [2.05, 4.69) is 35.6 Å². The molecule has 0 aromatic heterocycles. The van der Waals surface area contributed by atoms with Gasteiger partial charge in [0.1, 0.15) is 0 Å². The van der Waals surface area contributed by atoms with Crippen LogP contribution in [-0.2, 0) is 29.4 Å². The first-order chi connectivity index (χ1) is 12.5. The van der Waals surface area contributed by atoms with E-state index in [1.54, 1.807) is 32.3 Å². The van der Waals surface area contributed by atoms with Gasteiger partial charge in [0, 0.05) is 31.7 Å². The van der Waals surface area contributed by atoms with Crippen molar-refractivity contribution in [3.63, 3.8) is 0 Å². The summed E-state index contributed by atoms with van der Waals surface area (Å²) in [5.41, 5.74) is 4.87. The summed E-state index contributed by atoms with van der Waals surface area (Å²) in [7, 11) is -0.317. The van der Waals surface area contributed by atoms with Crippen molar-refractivity contribution in [1.82, 2.24) is 4.31 Å². The zero-order valence-electron chi connectivity index (χ0n) is 15.0. The van der Waals surface area contributed by atoms with Crippen LogP contribution in [0.25, 0.3) is 10.8 Å². The van der Waals surface area contributed by atoms with E-state index >= 15 is 0 Å². The lowest BCUT2D eigenvalue weighted by molar-refractivity contribution is 0.520. The molecule has 1 aliphatic carbocycles. The van der Waals surface area contributed by atoms with Crippen LogP contribution in [0.5, 0.6) is 0 Å². The van der Waals surface area contributed by atoms with Crippen molar-refractivity contribution in [3.05, 3.63) is 71.3 Å². The van der Waals surface area contributed by atoms with Gasteiger partial charge in [0.2, 0.25) is 10.0 Å². The second kappa shape index (κ2) is 6.41. The molecule has 0 heterocycles. The highest BCUT2D eigenvalue weighted by molar-refractivity contribution is 7.89. The Morgan fingerprint density at radius 1 is 0.962 bits per heavy atom. The molecule has 134 valence electrons. The molecular weight excluding hydrogens is 344 g/mol. The Hall–Kier alpha value is -2.37. The number of nitrogens with one attached hydrogen (secondary N) is 1. The summed E-state index contributed by atoms with van der Waals surface area (Å²) >= 11 is 0. The summed E-state index contributed by atoms with van der Waals surface area (Å²) in [5.74, 6) is 0. The SMILES string of the molecule is CN(C)S(=O)(=O)c1cccc(CNc2ccc3c4c(cccc24)CC3)c1. The summed E-state index contributed by atoms with van der Waals surface area (Å²) in [5, 5.41) is 6.11. The molecule has 3 aromatic rings. The summed E-state index contributed by atoms with van der Waals surface area (Å²) in [6, 6.07) is 17.9. The first-order valence-corrected chi connectivity index (χ1v) is 10.2. The zero-order chi connectivity index (χ0) is 18.3. The van der Waals surface area contributed by atoms with E-state index in [1.807, 2.05) is 6.07 Å². The normalized spacial score (nSPS) is 13.5. The maximum absolute atomic E-state index is 12.3. The zero-order valence-corrected chi connectivity index (χ0v) is 15.8. The Kier molecular flexibility index (Phi) is 4.21. The van der Waals surface area contributed by atoms with Crippen LogP contribution in [0.1, 0.15) is 16.7 Å². The molecule has 1 aliphatic rings. The van der Waals surface area contributed by atoms with Crippen LogP contribution in [0.15, 0.2) is 59.5 Å². The number of hydrogen-bond acceptors (Lipinski definition) is 3. The van der Waals surface area contributed by atoms with E-state index in [-0.39, 0.29) is 0 Å². The summed E-state index contributed by atoms with van der Waals surface area (Å²) < 4.78 is 25.9. The molecule has 0 atom stereocenters. The maximum Gasteiger partial charge on any atom is 0.242 e. The largest absolute Gasteiger partial charge is 0.380 e. The van der Waals surface area contributed by atoms with Crippen molar-refractivity contribution in [2.45, 2.75) is 24.3 Å². The molecule has 4 rings (SSSR count). The van der Waals surface area contributed by atoms with Gasteiger partial charge in [-0.05, 0) is 53.1 Å². The molecule has 3 aromatic carbocycles. The number of benzene rings is 3. The van der Waals surface area contributed by atoms with Crippen LogP contribution in [0, 0.1) is 0 Å². The minimum atomic E-state index is -3.41. The molecule has 0 unspecified atom stereocenters. The van der Waals surface area contributed by atoms with Gasteiger partial charge >= 0.3 is 0 Å². The fourth-order valence-corrected chi connectivity index (χ4v) is 4.60. The third-order valence-corrected chi connectivity index (χ3v) is 6.85. The first-order valence-electron chi connectivity index (χ1n) is 8.75. The average Bonchev–Trinajstić information content (AvgIpc) is 3.06. The number of nitrogens with zero attached hydrogens (tertiary/aromatic N) is 1. The van der Waals surface area contributed by atoms with Crippen molar-refractivity contribution < 1.29 is 8.42 Å². The molecule has 0 amide bonds. The Labute approximate surface area is 154 Å². The van der Waals surface area contributed by atoms with E-state index in [0.717, 1.165) is 24.1 Å². The van der Waals surface area contributed by atoms with Crippen molar-refractivity contribution in [3.8, 4) is 0 Å². The smallest absolute Gasteiger partial charge is 0.242 e. The molecule has 0 saturated heterocycles.